The molecule has 3 rings (SSSR count). The van der Waals surface area contributed by atoms with E-state index < -0.39 is 0 Å². The molecule has 1 N–H and O–H groups in total. The second kappa shape index (κ2) is 9.17. The van der Waals surface area contributed by atoms with Gasteiger partial charge in [-0.15, -0.1) is 0 Å². The Morgan fingerprint density at radius 1 is 1.18 bits per heavy atom. The molecule has 28 heavy (non-hydrogen) atoms. The molecule has 0 saturated carbocycles. The van der Waals surface area contributed by atoms with E-state index in [0.717, 1.165) is 34.1 Å². The molecule has 0 radical (unpaired) electrons. The topological polar surface area (TPSA) is 46.9 Å². The molecule has 6 heteroatoms. The summed E-state index contributed by atoms with van der Waals surface area (Å²) in [6, 6.07) is 13.6. The van der Waals surface area contributed by atoms with Crippen molar-refractivity contribution in [2.45, 2.75) is 20.3 Å². The summed E-state index contributed by atoms with van der Waals surface area (Å²) >= 11 is 1.58. The molecule has 5 nitrogen and oxygen atoms in total. The largest absolute Gasteiger partial charge is 0.494 e. The number of aromatic nitrogens is 1. The van der Waals surface area contributed by atoms with Gasteiger partial charge in [0.05, 0.1) is 37.5 Å². The van der Waals surface area contributed by atoms with Crippen LogP contribution in [0.4, 0.5) is 5.13 Å². The molecule has 0 atom stereocenters. The maximum absolute atomic E-state index is 13.3. The molecule has 0 aliphatic rings. The van der Waals surface area contributed by atoms with Gasteiger partial charge in [0, 0.05) is 18.5 Å². The number of nitrogens with zero attached hydrogens (tertiary/aromatic N) is 2. The van der Waals surface area contributed by atoms with E-state index in [1.807, 2.05) is 42.2 Å². The average molecular weight is 399 g/mol. The van der Waals surface area contributed by atoms with E-state index in [-0.39, 0.29) is 5.91 Å². The molecule has 0 unspecified atom stereocenters. The van der Waals surface area contributed by atoms with Crippen molar-refractivity contribution in [1.29, 1.82) is 0 Å². The van der Waals surface area contributed by atoms with Gasteiger partial charge in [-0.2, -0.15) is 0 Å². The predicted octanol–water partition coefficient (Wildman–Crippen LogP) is 3.18. The fraction of sp³-hybridized carbons (Fsp3) is 0.364. The lowest BCUT2D eigenvalue weighted by Crippen LogP contribution is -3.05. The molecular weight excluding hydrogens is 370 g/mol. The zero-order valence-electron chi connectivity index (χ0n) is 17.0. The number of quaternary nitrogens is 1. The molecule has 1 aromatic heterocycles. The van der Waals surface area contributed by atoms with Crippen LogP contribution in [0.25, 0.3) is 10.2 Å². The van der Waals surface area contributed by atoms with Gasteiger partial charge in [-0.25, -0.2) is 4.98 Å². The number of amides is 1. The Morgan fingerprint density at radius 2 is 1.93 bits per heavy atom. The summed E-state index contributed by atoms with van der Waals surface area (Å²) in [4.78, 5) is 21.2. The molecule has 0 fully saturated rings. The van der Waals surface area contributed by atoms with Crippen LogP contribution in [0.2, 0.25) is 0 Å². The first-order valence-electron chi connectivity index (χ1n) is 9.69. The number of benzene rings is 2. The van der Waals surface area contributed by atoms with E-state index in [4.69, 9.17) is 9.72 Å². The zero-order valence-corrected chi connectivity index (χ0v) is 17.8. The Labute approximate surface area is 170 Å². The molecule has 0 aliphatic carbocycles. The molecule has 1 amide bonds. The first-order chi connectivity index (χ1) is 13.5. The van der Waals surface area contributed by atoms with Crippen molar-refractivity contribution in [2.24, 2.45) is 0 Å². The third-order valence-corrected chi connectivity index (χ3v) is 5.52. The normalized spacial score (nSPS) is 11.2. The summed E-state index contributed by atoms with van der Waals surface area (Å²) in [6.45, 7) is 6.27. The van der Waals surface area contributed by atoms with Crippen molar-refractivity contribution in [1.82, 2.24) is 4.98 Å². The number of fused-ring (bicyclic) bond motifs is 1. The summed E-state index contributed by atoms with van der Waals surface area (Å²) < 4.78 is 6.60. The number of rotatable bonds is 8. The van der Waals surface area contributed by atoms with Crippen molar-refractivity contribution in [2.75, 3.05) is 38.7 Å². The second-order valence-electron chi connectivity index (χ2n) is 7.19. The Morgan fingerprint density at radius 3 is 2.61 bits per heavy atom. The van der Waals surface area contributed by atoms with Crippen molar-refractivity contribution in [3.8, 4) is 5.75 Å². The molecule has 148 valence electrons. The molecular formula is C22H28N3O2S+. The number of nitrogens with one attached hydrogen (secondary N) is 1. The number of hydrogen-bond acceptors (Lipinski definition) is 4. The monoisotopic (exact) mass is 398 g/mol. The Balaban J connectivity index is 1.89. The highest BCUT2D eigenvalue weighted by molar-refractivity contribution is 7.22. The molecule has 0 aliphatic heterocycles. The molecule has 1 heterocycles. The number of carbonyl (C=O) groups excluding carboxylic acids is 1. The molecule has 0 saturated heterocycles. The lowest BCUT2D eigenvalue weighted by atomic mass is 10.2. The molecule has 0 bridgehead atoms. The third-order valence-electron chi connectivity index (χ3n) is 4.48. The minimum absolute atomic E-state index is 0.0208. The molecule has 3 aromatic rings. The minimum atomic E-state index is -0.0208. The molecule has 2 aromatic carbocycles. The van der Waals surface area contributed by atoms with Gasteiger partial charge in [0.1, 0.15) is 5.75 Å². The van der Waals surface area contributed by atoms with Crippen LogP contribution in [0.5, 0.6) is 5.75 Å². The van der Waals surface area contributed by atoms with E-state index in [1.54, 1.807) is 11.3 Å². The summed E-state index contributed by atoms with van der Waals surface area (Å²) in [7, 11) is 4.25. The van der Waals surface area contributed by atoms with E-state index in [1.165, 1.54) is 10.5 Å². The predicted molar refractivity (Wildman–Crippen MR) is 116 cm³/mol. The van der Waals surface area contributed by atoms with Crippen LogP contribution in [0.15, 0.2) is 42.5 Å². The lowest BCUT2D eigenvalue weighted by Gasteiger charge is -2.20. The lowest BCUT2D eigenvalue weighted by molar-refractivity contribution is -0.858. The third kappa shape index (κ3) is 4.88. The van der Waals surface area contributed by atoms with E-state index >= 15 is 0 Å². The smallest absolute Gasteiger partial charge is 0.260 e. The number of anilines is 1. The van der Waals surface area contributed by atoms with Crippen LogP contribution >= 0.6 is 11.3 Å². The fourth-order valence-corrected chi connectivity index (χ4v) is 4.11. The Bertz CT molecular complexity index is 935. The SMILES string of the molecule is CCOc1ccc(C(=O)N(CCC[NH+](C)C)c2nc3ccc(C)cc3s2)cc1. The summed E-state index contributed by atoms with van der Waals surface area (Å²) in [5.74, 6) is 0.754. The maximum atomic E-state index is 13.3. The maximum Gasteiger partial charge on any atom is 0.260 e. The van der Waals surface area contributed by atoms with Crippen LogP contribution in [-0.2, 0) is 0 Å². The van der Waals surface area contributed by atoms with Crippen LogP contribution in [0, 0.1) is 6.92 Å². The van der Waals surface area contributed by atoms with E-state index in [2.05, 4.69) is 33.2 Å². The summed E-state index contributed by atoms with van der Waals surface area (Å²) in [5, 5.41) is 0.758. The summed E-state index contributed by atoms with van der Waals surface area (Å²) in [5.41, 5.74) is 2.78. The number of hydrogen-bond donors (Lipinski definition) is 1. The van der Waals surface area contributed by atoms with Gasteiger partial charge in [-0.1, -0.05) is 17.4 Å². The van der Waals surface area contributed by atoms with Gasteiger partial charge in [-0.05, 0) is 55.8 Å². The fourth-order valence-electron chi connectivity index (χ4n) is 3.03. The number of thiazole rings is 1. The number of carbonyl (C=O) groups is 1. The second-order valence-corrected chi connectivity index (χ2v) is 8.20. The number of ether oxygens (including phenoxy) is 1. The Hall–Kier alpha value is -2.44. The van der Waals surface area contributed by atoms with Crippen LogP contribution in [-0.4, -0.2) is 44.7 Å². The Kier molecular flexibility index (Phi) is 6.65. The van der Waals surface area contributed by atoms with E-state index in [9.17, 15) is 4.79 Å². The van der Waals surface area contributed by atoms with Gasteiger partial charge in [-0.3, -0.25) is 9.69 Å². The van der Waals surface area contributed by atoms with Crippen molar-refractivity contribution in [3.63, 3.8) is 0 Å². The first kappa shape index (κ1) is 20.3. The van der Waals surface area contributed by atoms with Crippen molar-refractivity contribution in [3.05, 3.63) is 53.6 Å². The highest BCUT2D eigenvalue weighted by Gasteiger charge is 2.21. The van der Waals surface area contributed by atoms with Crippen LogP contribution in [0.1, 0.15) is 29.3 Å². The summed E-state index contributed by atoms with van der Waals surface area (Å²) in [6.07, 6.45) is 0.917. The van der Waals surface area contributed by atoms with Gasteiger partial charge in [0.2, 0.25) is 0 Å². The number of aryl methyl sites for hydroxylation is 1. The molecule has 0 spiro atoms. The van der Waals surface area contributed by atoms with Gasteiger partial charge in [0.15, 0.2) is 5.13 Å². The van der Waals surface area contributed by atoms with Gasteiger partial charge >= 0.3 is 0 Å². The van der Waals surface area contributed by atoms with Gasteiger partial charge < -0.3 is 9.64 Å². The quantitative estimate of drug-likeness (QED) is 0.634. The van der Waals surface area contributed by atoms with Crippen molar-refractivity contribution < 1.29 is 14.4 Å². The van der Waals surface area contributed by atoms with E-state index in [0.29, 0.717) is 18.7 Å². The zero-order chi connectivity index (χ0) is 20.1. The van der Waals surface area contributed by atoms with Crippen LogP contribution in [0.3, 0.4) is 0 Å². The van der Waals surface area contributed by atoms with Gasteiger partial charge in [0.25, 0.3) is 5.91 Å². The highest BCUT2D eigenvalue weighted by atomic mass is 32.1. The standard InChI is InChI=1S/C22H27N3O2S/c1-5-27-18-10-8-17(9-11-18)21(26)25(14-6-13-24(3)4)22-23-19-12-7-16(2)15-20(19)28-22/h7-12,15H,5-6,13-14H2,1-4H3/p+1. The average Bonchev–Trinajstić information content (AvgIpc) is 3.08. The highest BCUT2D eigenvalue weighted by Crippen LogP contribution is 2.30. The van der Waals surface area contributed by atoms with Crippen molar-refractivity contribution >= 4 is 32.6 Å². The first-order valence-corrected chi connectivity index (χ1v) is 10.5. The van der Waals surface area contributed by atoms with Crippen LogP contribution < -0.4 is 14.5 Å². The minimum Gasteiger partial charge on any atom is -0.494 e.